The minimum Gasteiger partial charge on any atom is -0.396 e. The summed E-state index contributed by atoms with van der Waals surface area (Å²) < 4.78 is 18.4. The van der Waals surface area contributed by atoms with E-state index in [4.69, 9.17) is 15.6 Å². The molecular formula is C14H20FN3O3. The second-order valence-electron chi connectivity index (χ2n) is 5.07. The molecule has 4 N–H and O–H groups in total. The number of nitrogens with two attached hydrogens (primary N) is 1. The zero-order valence-electron chi connectivity index (χ0n) is 11.9. The Labute approximate surface area is 122 Å². The minimum absolute atomic E-state index is 0.00725. The average molecular weight is 297 g/mol. The lowest BCUT2D eigenvalue weighted by atomic mass is 10.2. The van der Waals surface area contributed by atoms with Crippen molar-refractivity contribution in [1.82, 2.24) is 4.90 Å². The number of nitrogens with one attached hydrogen (secondary N) is 1. The average Bonchev–Trinajstić information content (AvgIpc) is 2.50. The summed E-state index contributed by atoms with van der Waals surface area (Å²) in [5.41, 5.74) is 5.92. The first-order valence-corrected chi connectivity index (χ1v) is 6.83. The zero-order valence-corrected chi connectivity index (χ0v) is 11.9. The van der Waals surface area contributed by atoms with Gasteiger partial charge in [-0.3, -0.25) is 9.69 Å². The van der Waals surface area contributed by atoms with E-state index in [1.807, 2.05) is 4.90 Å². The summed E-state index contributed by atoms with van der Waals surface area (Å²) in [5.74, 6) is -0.723. The Balaban J connectivity index is 1.97. The Hall–Kier alpha value is -1.70. The molecule has 1 aliphatic heterocycles. The maximum absolute atomic E-state index is 13.1. The van der Waals surface area contributed by atoms with Crippen LogP contribution in [0.4, 0.5) is 15.8 Å². The number of hydrogen-bond donors (Lipinski definition) is 3. The molecule has 1 aromatic rings. The van der Waals surface area contributed by atoms with Crippen LogP contribution in [0.3, 0.4) is 0 Å². The molecule has 1 heterocycles. The van der Waals surface area contributed by atoms with Gasteiger partial charge in [0.15, 0.2) is 0 Å². The first-order chi connectivity index (χ1) is 10.0. The van der Waals surface area contributed by atoms with Gasteiger partial charge in [-0.05, 0) is 25.1 Å². The molecule has 0 spiro atoms. The van der Waals surface area contributed by atoms with Gasteiger partial charge in [0.1, 0.15) is 5.82 Å². The van der Waals surface area contributed by atoms with Crippen LogP contribution in [0, 0.1) is 5.82 Å². The first-order valence-electron chi connectivity index (χ1n) is 6.83. The van der Waals surface area contributed by atoms with Crippen LogP contribution in [0.1, 0.15) is 6.92 Å². The molecule has 0 aliphatic carbocycles. The maximum atomic E-state index is 13.1. The van der Waals surface area contributed by atoms with E-state index in [2.05, 4.69) is 5.32 Å². The molecule has 21 heavy (non-hydrogen) atoms. The molecule has 6 nitrogen and oxygen atoms in total. The molecule has 7 heteroatoms. The number of anilines is 2. The van der Waals surface area contributed by atoms with Gasteiger partial charge in [-0.25, -0.2) is 4.39 Å². The number of halogens is 1. The number of nitrogens with zero attached hydrogens (tertiary/aromatic N) is 1. The fourth-order valence-corrected chi connectivity index (χ4v) is 2.24. The second kappa shape index (κ2) is 6.84. The highest BCUT2D eigenvalue weighted by Crippen LogP contribution is 2.17. The van der Waals surface area contributed by atoms with Crippen LogP contribution in [0.25, 0.3) is 0 Å². The molecule has 1 aromatic carbocycles. The van der Waals surface area contributed by atoms with E-state index in [0.29, 0.717) is 25.4 Å². The molecule has 0 aromatic heterocycles. The lowest BCUT2D eigenvalue weighted by molar-refractivity contribution is -0.125. The van der Waals surface area contributed by atoms with Gasteiger partial charge in [-0.15, -0.1) is 0 Å². The number of nitrogen functional groups attached to an aromatic ring is 1. The Kier molecular flexibility index (Phi) is 5.11. The molecule has 2 atom stereocenters. The Morgan fingerprint density at radius 2 is 2.43 bits per heavy atom. The monoisotopic (exact) mass is 297 g/mol. The van der Waals surface area contributed by atoms with Crippen molar-refractivity contribution in [2.45, 2.75) is 19.1 Å². The number of benzene rings is 1. The van der Waals surface area contributed by atoms with Gasteiger partial charge in [-0.2, -0.15) is 0 Å². The van der Waals surface area contributed by atoms with Crippen LogP contribution in [0.5, 0.6) is 0 Å². The number of amides is 1. The predicted octanol–water partition coefficient (Wildman–Crippen LogP) is 0.428. The number of hydrogen-bond acceptors (Lipinski definition) is 5. The summed E-state index contributed by atoms with van der Waals surface area (Å²) in [5, 5.41) is 11.8. The normalized spacial score (nSPS) is 21.0. The Morgan fingerprint density at radius 3 is 3.10 bits per heavy atom. The Morgan fingerprint density at radius 1 is 1.67 bits per heavy atom. The molecular weight excluding hydrogens is 277 g/mol. The molecule has 2 unspecified atom stereocenters. The molecule has 1 aliphatic rings. The van der Waals surface area contributed by atoms with Gasteiger partial charge in [-0.1, -0.05) is 0 Å². The summed E-state index contributed by atoms with van der Waals surface area (Å²) in [6, 6.07) is 3.68. The van der Waals surface area contributed by atoms with Gasteiger partial charge in [0.25, 0.3) is 0 Å². The summed E-state index contributed by atoms with van der Waals surface area (Å²) >= 11 is 0. The molecule has 0 saturated carbocycles. The van der Waals surface area contributed by atoms with Gasteiger partial charge < -0.3 is 20.9 Å². The van der Waals surface area contributed by atoms with Gasteiger partial charge in [0.05, 0.1) is 31.0 Å². The highest BCUT2D eigenvalue weighted by Gasteiger charge is 2.27. The predicted molar refractivity (Wildman–Crippen MR) is 77.3 cm³/mol. The lowest BCUT2D eigenvalue weighted by Gasteiger charge is -2.35. The minimum atomic E-state index is -0.514. The van der Waals surface area contributed by atoms with Crippen LogP contribution >= 0.6 is 0 Å². The summed E-state index contributed by atoms with van der Waals surface area (Å²) in [7, 11) is 0. The number of rotatable bonds is 4. The van der Waals surface area contributed by atoms with E-state index < -0.39 is 5.82 Å². The number of ether oxygens (including phenoxy) is 1. The molecule has 1 saturated heterocycles. The van der Waals surface area contributed by atoms with Crippen molar-refractivity contribution in [1.29, 1.82) is 0 Å². The van der Waals surface area contributed by atoms with Crippen LogP contribution in [0.15, 0.2) is 18.2 Å². The SMILES string of the molecule is CC(C(=O)Nc1ccc(F)c(N)c1)N1CCOC(CO)C1. The quantitative estimate of drug-likeness (QED) is 0.701. The molecule has 1 fully saturated rings. The van der Waals surface area contributed by atoms with Crippen LogP contribution in [-0.2, 0) is 9.53 Å². The highest BCUT2D eigenvalue weighted by atomic mass is 19.1. The molecule has 0 bridgehead atoms. The van der Waals surface area contributed by atoms with E-state index in [1.54, 1.807) is 6.92 Å². The number of carbonyl (C=O) groups excluding carboxylic acids is 1. The standard InChI is InChI=1S/C14H20FN3O3/c1-9(18-4-5-21-11(7-18)8-19)14(20)17-10-2-3-12(15)13(16)6-10/h2-3,6,9,11,19H,4-5,7-8,16H2,1H3,(H,17,20). The highest BCUT2D eigenvalue weighted by molar-refractivity contribution is 5.94. The first kappa shape index (κ1) is 15.7. The third kappa shape index (κ3) is 3.90. The summed E-state index contributed by atoms with van der Waals surface area (Å²) in [4.78, 5) is 14.1. The van der Waals surface area contributed by atoms with E-state index in [-0.39, 0.29) is 30.3 Å². The smallest absolute Gasteiger partial charge is 0.241 e. The summed E-state index contributed by atoms with van der Waals surface area (Å²) in [6.07, 6.45) is -0.268. The van der Waals surface area contributed by atoms with Crippen molar-refractivity contribution < 1.29 is 19.0 Å². The van der Waals surface area contributed by atoms with Crippen molar-refractivity contribution in [3.05, 3.63) is 24.0 Å². The van der Waals surface area contributed by atoms with E-state index in [9.17, 15) is 9.18 Å². The van der Waals surface area contributed by atoms with Crippen molar-refractivity contribution in [2.24, 2.45) is 0 Å². The van der Waals surface area contributed by atoms with Gasteiger partial charge >= 0.3 is 0 Å². The fourth-order valence-electron chi connectivity index (χ4n) is 2.24. The zero-order chi connectivity index (χ0) is 15.4. The van der Waals surface area contributed by atoms with Crippen molar-refractivity contribution in [3.63, 3.8) is 0 Å². The van der Waals surface area contributed by atoms with E-state index >= 15 is 0 Å². The molecule has 1 amide bonds. The summed E-state index contributed by atoms with van der Waals surface area (Å²) in [6.45, 7) is 3.31. The van der Waals surface area contributed by atoms with Gasteiger partial charge in [0, 0.05) is 18.8 Å². The number of aliphatic hydroxyl groups is 1. The topological polar surface area (TPSA) is 87.8 Å². The number of aliphatic hydroxyl groups excluding tert-OH is 1. The number of morpholine rings is 1. The van der Waals surface area contributed by atoms with Crippen LogP contribution in [-0.4, -0.2) is 54.4 Å². The van der Waals surface area contributed by atoms with Gasteiger partial charge in [0.2, 0.25) is 5.91 Å². The van der Waals surface area contributed by atoms with Crippen molar-refractivity contribution in [3.8, 4) is 0 Å². The van der Waals surface area contributed by atoms with E-state index in [1.165, 1.54) is 18.2 Å². The van der Waals surface area contributed by atoms with Crippen molar-refractivity contribution >= 4 is 17.3 Å². The maximum Gasteiger partial charge on any atom is 0.241 e. The second-order valence-corrected chi connectivity index (χ2v) is 5.07. The largest absolute Gasteiger partial charge is 0.396 e. The molecule has 116 valence electrons. The third-order valence-electron chi connectivity index (χ3n) is 3.56. The van der Waals surface area contributed by atoms with Crippen molar-refractivity contribution in [2.75, 3.05) is 37.4 Å². The van der Waals surface area contributed by atoms with Crippen LogP contribution in [0.2, 0.25) is 0 Å². The lowest BCUT2D eigenvalue weighted by Crippen LogP contribution is -2.51. The third-order valence-corrected chi connectivity index (χ3v) is 3.56. The van der Waals surface area contributed by atoms with E-state index in [0.717, 1.165) is 0 Å². The molecule has 2 rings (SSSR count). The fraction of sp³-hybridized carbons (Fsp3) is 0.500. The molecule has 0 radical (unpaired) electrons. The Bertz CT molecular complexity index is 512. The van der Waals surface area contributed by atoms with Crippen LogP contribution < -0.4 is 11.1 Å². The number of carbonyl (C=O) groups is 1.